The Hall–Kier alpha value is -0.580. The Kier molecular flexibility index (Phi) is 11.6. The van der Waals surface area contributed by atoms with Crippen molar-refractivity contribution in [2.75, 3.05) is 25.1 Å². The SMILES string of the molecule is CCNC(=NCCCC(=O)NC1CC1)NC(C)CCS(C)(=O)=O.I. The van der Waals surface area contributed by atoms with Crippen molar-refractivity contribution in [1.29, 1.82) is 0 Å². The molecule has 3 N–H and O–H groups in total. The summed E-state index contributed by atoms with van der Waals surface area (Å²) in [5, 5.41) is 9.28. The number of halogens is 1. The lowest BCUT2D eigenvalue weighted by molar-refractivity contribution is -0.121. The maximum absolute atomic E-state index is 11.6. The van der Waals surface area contributed by atoms with E-state index in [-0.39, 0.29) is 41.7 Å². The lowest BCUT2D eigenvalue weighted by Crippen LogP contribution is -2.43. The summed E-state index contributed by atoms with van der Waals surface area (Å²) in [5.41, 5.74) is 0. The highest BCUT2D eigenvalue weighted by Crippen LogP contribution is 2.18. The van der Waals surface area contributed by atoms with Crippen molar-refractivity contribution >= 4 is 45.7 Å². The fourth-order valence-electron chi connectivity index (χ4n) is 1.97. The van der Waals surface area contributed by atoms with Gasteiger partial charge in [-0.3, -0.25) is 9.79 Å². The van der Waals surface area contributed by atoms with E-state index < -0.39 is 9.84 Å². The molecule has 0 bridgehead atoms. The molecule has 1 rings (SSSR count). The molecule has 1 aliphatic rings. The van der Waals surface area contributed by atoms with E-state index in [0.29, 0.717) is 37.8 Å². The average Bonchev–Trinajstić information content (AvgIpc) is 3.24. The topological polar surface area (TPSA) is 99.7 Å². The molecule has 7 nitrogen and oxygen atoms in total. The Labute approximate surface area is 162 Å². The minimum atomic E-state index is -2.95. The molecule has 0 aliphatic heterocycles. The van der Waals surface area contributed by atoms with Crippen molar-refractivity contribution in [3.63, 3.8) is 0 Å². The van der Waals surface area contributed by atoms with Crippen molar-refractivity contribution in [1.82, 2.24) is 16.0 Å². The maximum Gasteiger partial charge on any atom is 0.220 e. The molecule has 1 unspecified atom stereocenters. The molecule has 0 heterocycles. The molecule has 24 heavy (non-hydrogen) atoms. The first-order valence-electron chi connectivity index (χ1n) is 8.32. The van der Waals surface area contributed by atoms with Gasteiger partial charge >= 0.3 is 0 Å². The lowest BCUT2D eigenvalue weighted by atomic mass is 10.2. The van der Waals surface area contributed by atoms with Gasteiger partial charge in [-0.05, 0) is 39.5 Å². The summed E-state index contributed by atoms with van der Waals surface area (Å²) in [6.45, 7) is 5.20. The number of nitrogens with one attached hydrogen (secondary N) is 3. The first-order valence-corrected chi connectivity index (χ1v) is 10.4. The second kappa shape index (κ2) is 11.9. The van der Waals surface area contributed by atoms with Crippen LogP contribution in [0.3, 0.4) is 0 Å². The van der Waals surface area contributed by atoms with E-state index in [0.717, 1.165) is 19.4 Å². The Morgan fingerprint density at radius 3 is 2.54 bits per heavy atom. The quantitative estimate of drug-likeness (QED) is 0.190. The molecule has 0 aromatic carbocycles. The predicted octanol–water partition coefficient (Wildman–Crippen LogP) is 1.04. The van der Waals surface area contributed by atoms with Gasteiger partial charge in [0.05, 0.1) is 5.75 Å². The average molecular weight is 474 g/mol. The summed E-state index contributed by atoms with van der Waals surface area (Å²) in [4.78, 5) is 16.0. The van der Waals surface area contributed by atoms with Crippen molar-refractivity contribution < 1.29 is 13.2 Å². The van der Waals surface area contributed by atoms with Crippen LogP contribution in [-0.4, -0.2) is 57.5 Å². The molecular weight excluding hydrogens is 443 g/mol. The zero-order chi connectivity index (χ0) is 17.3. The minimum absolute atomic E-state index is 0. The summed E-state index contributed by atoms with van der Waals surface area (Å²) in [6.07, 6.45) is 5.17. The molecule has 1 fully saturated rings. The number of amides is 1. The molecule has 1 atom stereocenters. The van der Waals surface area contributed by atoms with Gasteiger partial charge in [0.2, 0.25) is 5.91 Å². The Bertz CT molecular complexity index is 507. The van der Waals surface area contributed by atoms with Gasteiger partial charge < -0.3 is 16.0 Å². The van der Waals surface area contributed by atoms with Gasteiger partial charge in [0.15, 0.2) is 5.96 Å². The summed E-state index contributed by atoms with van der Waals surface area (Å²) in [5.74, 6) is 0.917. The molecule has 9 heteroatoms. The summed E-state index contributed by atoms with van der Waals surface area (Å²) >= 11 is 0. The molecule has 1 aliphatic carbocycles. The van der Waals surface area contributed by atoms with Crippen molar-refractivity contribution in [3.05, 3.63) is 0 Å². The smallest absolute Gasteiger partial charge is 0.220 e. The van der Waals surface area contributed by atoms with E-state index in [1.165, 1.54) is 6.26 Å². The number of sulfone groups is 1. The van der Waals surface area contributed by atoms with Crippen molar-refractivity contribution in [2.24, 2.45) is 4.99 Å². The molecule has 1 saturated carbocycles. The van der Waals surface area contributed by atoms with Crippen LogP contribution < -0.4 is 16.0 Å². The molecule has 0 aromatic rings. The van der Waals surface area contributed by atoms with E-state index in [4.69, 9.17) is 0 Å². The second-order valence-corrected chi connectivity index (χ2v) is 8.43. The van der Waals surface area contributed by atoms with Gasteiger partial charge in [-0.1, -0.05) is 0 Å². The number of hydrogen-bond acceptors (Lipinski definition) is 4. The van der Waals surface area contributed by atoms with E-state index in [9.17, 15) is 13.2 Å². The lowest BCUT2D eigenvalue weighted by Gasteiger charge is -2.17. The van der Waals surface area contributed by atoms with Crippen LogP contribution in [0.15, 0.2) is 4.99 Å². The van der Waals surface area contributed by atoms with Gasteiger partial charge in [0.1, 0.15) is 9.84 Å². The van der Waals surface area contributed by atoms with Crippen LogP contribution in [0.2, 0.25) is 0 Å². The fraction of sp³-hybridized carbons (Fsp3) is 0.867. The van der Waals surface area contributed by atoms with Crippen LogP contribution in [0.4, 0.5) is 0 Å². The standard InChI is InChI=1S/C15H30N4O3S.HI/c1-4-16-15(18-12(2)9-11-23(3,21)22)17-10-5-6-14(20)19-13-7-8-13;/h12-13H,4-11H2,1-3H3,(H,19,20)(H2,16,17,18);1H. The number of carbonyl (C=O) groups excluding carboxylic acids is 1. The zero-order valence-electron chi connectivity index (χ0n) is 14.8. The Morgan fingerprint density at radius 2 is 2.00 bits per heavy atom. The van der Waals surface area contributed by atoms with Gasteiger partial charge in [0, 0.05) is 37.8 Å². The third-order valence-corrected chi connectivity index (χ3v) is 4.40. The minimum Gasteiger partial charge on any atom is -0.357 e. The molecular formula is C15H31IN4O3S. The molecule has 142 valence electrons. The highest BCUT2D eigenvalue weighted by atomic mass is 127. The van der Waals surface area contributed by atoms with E-state index >= 15 is 0 Å². The molecule has 0 saturated heterocycles. The fourth-order valence-corrected chi connectivity index (χ4v) is 2.76. The highest BCUT2D eigenvalue weighted by molar-refractivity contribution is 14.0. The summed E-state index contributed by atoms with van der Waals surface area (Å²) in [7, 11) is -2.95. The number of carbonyl (C=O) groups is 1. The van der Waals surface area contributed by atoms with Crippen molar-refractivity contribution in [2.45, 2.75) is 58.0 Å². The van der Waals surface area contributed by atoms with Crippen LogP contribution in [0.5, 0.6) is 0 Å². The van der Waals surface area contributed by atoms with E-state index in [2.05, 4.69) is 20.9 Å². The van der Waals surface area contributed by atoms with E-state index in [1.54, 1.807) is 0 Å². The number of hydrogen-bond donors (Lipinski definition) is 3. The third-order valence-electron chi connectivity index (χ3n) is 3.42. The second-order valence-electron chi connectivity index (χ2n) is 6.17. The summed E-state index contributed by atoms with van der Waals surface area (Å²) in [6, 6.07) is 0.418. The van der Waals surface area contributed by atoms with E-state index in [1.807, 2.05) is 13.8 Å². The Morgan fingerprint density at radius 1 is 1.33 bits per heavy atom. The molecule has 0 radical (unpaired) electrons. The summed E-state index contributed by atoms with van der Waals surface area (Å²) < 4.78 is 22.4. The largest absolute Gasteiger partial charge is 0.357 e. The van der Waals surface area contributed by atoms with Crippen LogP contribution in [0, 0.1) is 0 Å². The van der Waals surface area contributed by atoms with Gasteiger partial charge in [-0.25, -0.2) is 8.42 Å². The zero-order valence-corrected chi connectivity index (χ0v) is 17.9. The number of aliphatic imine (C=N–C) groups is 1. The first-order chi connectivity index (χ1) is 10.8. The number of guanidine groups is 1. The van der Waals surface area contributed by atoms with Crippen molar-refractivity contribution in [3.8, 4) is 0 Å². The van der Waals surface area contributed by atoms with Crippen LogP contribution in [0.25, 0.3) is 0 Å². The normalized spacial score (nSPS) is 16.0. The molecule has 0 spiro atoms. The highest BCUT2D eigenvalue weighted by Gasteiger charge is 2.22. The predicted molar refractivity (Wildman–Crippen MR) is 109 cm³/mol. The van der Waals surface area contributed by atoms with Crippen LogP contribution in [-0.2, 0) is 14.6 Å². The number of nitrogens with zero attached hydrogens (tertiary/aromatic N) is 1. The van der Waals surface area contributed by atoms with Crippen LogP contribution >= 0.6 is 24.0 Å². The van der Waals surface area contributed by atoms with Gasteiger partial charge in [0.25, 0.3) is 0 Å². The third kappa shape index (κ3) is 12.8. The monoisotopic (exact) mass is 474 g/mol. The Balaban J connectivity index is 0.00000529. The van der Waals surface area contributed by atoms with Gasteiger partial charge in [-0.15, -0.1) is 24.0 Å². The van der Waals surface area contributed by atoms with Crippen LogP contribution in [0.1, 0.15) is 46.0 Å². The molecule has 0 aromatic heterocycles. The van der Waals surface area contributed by atoms with Gasteiger partial charge in [-0.2, -0.15) is 0 Å². The number of rotatable bonds is 10. The first kappa shape index (κ1) is 23.4. The molecule has 1 amide bonds. The maximum atomic E-state index is 11.6.